The van der Waals surface area contributed by atoms with E-state index in [2.05, 4.69) is 42.2 Å². The van der Waals surface area contributed by atoms with Gasteiger partial charge in [0.15, 0.2) is 0 Å². The molecule has 0 fully saturated rings. The molecule has 1 heterocycles. The minimum atomic E-state index is 0.922. The number of rotatable bonds is 3. The lowest BCUT2D eigenvalue weighted by molar-refractivity contribution is 0.274. The first-order valence-electron chi connectivity index (χ1n) is 7.33. The number of aryl methyl sites for hydroxylation is 1. The maximum atomic E-state index is 5.22. The van der Waals surface area contributed by atoms with Gasteiger partial charge in [0.05, 0.1) is 7.11 Å². The van der Waals surface area contributed by atoms with E-state index in [1.54, 1.807) is 7.11 Å². The van der Waals surface area contributed by atoms with Gasteiger partial charge in [0.25, 0.3) is 0 Å². The molecular formula is C18H21NOS. The van der Waals surface area contributed by atoms with Gasteiger partial charge in [0.2, 0.25) is 0 Å². The van der Waals surface area contributed by atoms with Gasteiger partial charge in [-0.15, -0.1) is 11.8 Å². The number of thioether (sulfide) groups is 1. The SMILES string of the molecule is COc1ccc(CN2CCSc3c(C)cccc3C2)cc1. The highest BCUT2D eigenvalue weighted by Crippen LogP contribution is 2.30. The fourth-order valence-corrected chi connectivity index (χ4v) is 3.93. The second-order valence-electron chi connectivity index (χ2n) is 5.47. The van der Waals surface area contributed by atoms with E-state index in [4.69, 9.17) is 4.74 Å². The molecule has 0 amide bonds. The topological polar surface area (TPSA) is 12.5 Å². The highest BCUT2D eigenvalue weighted by atomic mass is 32.2. The Morgan fingerprint density at radius 1 is 1.14 bits per heavy atom. The Balaban J connectivity index is 1.74. The molecule has 0 radical (unpaired) electrons. The van der Waals surface area contributed by atoms with Crippen LogP contribution in [-0.4, -0.2) is 24.3 Å². The van der Waals surface area contributed by atoms with Gasteiger partial charge in [0.1, 0.15) is 5.75 Å². The molecule has 3 heteroatoms. The summed E-state index contributed by atoms with van der Waals surface area (Å²) in [4.78, 5) is 4.01. The van der Waals surface area contributed by atoms with Crippen molar-refractivity contribution in [2.45, 2.75) is 24.9 Å². The summed E-state index contributed by atoms with van der Waals surface area (Å²) in [5.74, 6) is 2.08. The van der Waals surface area contributed by atoms with Crippen molar-refractivity contribution in [3.8, 4) is 5.75 Å². The first-order chi connectivity index (χ1) is 10.3. The van der Waals surface area contributed by atoms with E-state index in [0.29, 0.717) is 0 Å². The molecule has 0 saturated carbocycles. The molecule has 0 aliphatic carbocycles. The Bertz CT molecular complexity index is 609. The molecule has 3 rings (SSSR count). The zero-order chi connectivity index (χ0) is 14.7. The number of benzene rings is 2. The van der Waals surface area contributed by atoms with Crippen LogP contribution in [0.3, 0.4) is 0 Å². The number of nitrogens with zero attached hydrogens (tertiary/aromatic N) is 1. The van der Waals surface area contributed by atoms with Crippen LogP contribution in [0, 0.1) is 6.92 Å². The van der Waals surface area contributed by atoms with E-state index >= 15 is 0 Å². The lowest BCUT2D eigenvalue weighted by Crippen LogP contribution is -2.24. The van der Waals surface area contributed by atoms with E-state index in [-0.39, 0.29) is 0 Å². The summed E-state index contributed by atoms with van der Waals surface area (Å²) in [6, 6.07) is 15.1. The normalized spacial score (nSPS) is 15.3. The third-order valence-corrected chi connectivity index (χ3v) is 5.17. The maximum absolute atomic E-state index is 5.22. The molecule has 0 unspecified atom stereocenters. The largest absolute Gasteiger partial charge is 0.497 e. The van der Waals surface area contributed by atoms with E-state index in [1.807, 2.05) is 23.9 Å². The highest BCUT2D eigenvalue weighted by molar-refractivity contribution is 7.99. The summed E-state index contributed by atoms with van der Waals surface area (Å²) in [5, 5.41) is 0. The Labute approximate surface area is 131 Å². The van der Waals surface area contributed by atoms with Gasteiger partial charge < -0.3 is 4.74 Å². The lowest BCUT2D eigenvalue weighted by atomic mass is 10.1. The van der Waals surface area contributed by atoms with Crippen LogP contribution < -0.4 is 4.74 Å². The van der Waals surface area contributed by atoms with Crippen LogP contribution in [0.5, 0.6) is 5.75 Å². The van der Waals surface area contributed by atoms with Gasteiger partial charge in [-0.2, -0.15) is 0 Å². The summed E-state index contributed by atoms with van der Waals surface area (Å²) in [5.41, 5.74) is 4.21. The summed E-state index contributed by atoms with van der Waals surface area (Å²) in [6.07, 6.45) is 0. The van der Waals surface area contributed by atoms with Crippen molar-refractivity contribution >= 4 is 11.8 Å². The molecule has 0 atom stereocenters. The molecule has 21 heavy (non-hydrogen) atoms. The molecule has 0 aromatic heterocycles. The molecule has 2 aromatic carbocycles. The van der Waals surface area contributed by atoms with Crippen LogP contribution in [0.1, 0.15) is 16.7 Å². The molecule has 0 saturated heterocycles. The number of hydrogen-bond acceptors (Lipinski definition) is 3. The van der Waals surface area contributed by atoms with Crippen molar-refractivity contribution < 1.29 is 4.74 Å². The first-order valence-corrected chi connectivity index (χ1v) is 8.31. The van der Waals surface area contributed by atoms with E-state index < -0.39 is 0 Å². The van der Waals surface area contributed by atoms with Gasteiger partial charge in [-0.05, 0) is 35.7 Å². The molecule has 110 valence electrons. The van der Waals surface area contributed by atoms with Gasteiger partial charge in [-0.25, -0.2) is 0 Å². The van der Waals surface area contributed by atoms with Crippen molar-refractivity contribution in [3.63, 3.8) is 0 Å². The Morgan fingerprint density at radius 2 is 1.95 bits per heavy atom. The Hall–Kier alpha value is -1.45. The van der Waals surface area contributed by atoms with Crippen molar-refractivity contribution in [2.75, 3.05) is 19.4 Å². The maximum Gasteiger partial charge on any atom is 0.118 e. The molecule has 0 spiro atoms. The van der Waals surface area contributed by atoms with Crippen molar-refractivity contribution in [1.82, 2.24) is 4.90 Å². The van der Waals surface area contributed by atoms with Crippen molar-refractivity contribution in [2.24, 2.45) is 0 Å². The van der Waals surface area contributed by atoms with Crippen LogP contribution in [0.25, 0.3) is 0 Å². The minimum absolute atomic E-state index is 0.922. The molecular weight excluding hydrogens is 278 g/mol. The standard InChI is InChI=1S/C18H21NOS/c1-14-4-3-5-16-13-19(10-11-21-18(14)16)12-15-6-8-17(20-2)9-7-15/h3-9H,10-13H2,1-2H3. The Kier molecular flexibility index (Phi) is 4.51. The van der Waals surface area contributed by atoms with Gasteiger partial charge in [-0.1, -0.05) is 30.3 Å². The molecule has 0 bridgehead atoms. The summed E-state index contributed by atoms with van der Waals surface area (Å²) < 4.78 is 5.22. The number of methoxy groups -OCH3 is 1. The molecule has 2 nitrogen and oxygen atoms in total. The smallest absolute Gasteiger partial charge is 0.118 e. The van der Waals surface area contributed by atoms with Gasteiger partial charge in [0, 0.05) is 30.3 Å². The van der Waals surface area contributed by atoms with Crippen LogP contribution in [-0.2, 0) is 13.1 Å². The monoisotopic (exact) mass is 299 g/mol. The summed E-state index contributed by atoms with van der Waals surface area (Å²) in [7, 11) is 1.71. The van der Waals surface area contributed by atoms with Crippen LogP contribution >= 0.6 is 11.8 Å². The van der Waals surface area contributed by atoms with Crippen molar-refractivity contribution in [3.05, 3.63) is 59.2 Å². The van der Waals surface area contributed by atoms with E-state index in [1.165, 1.54) is 21.6 Å². The van der Waals surface area contributed by atoms with Crippen LogP contribution in [0.2, 0.25) is 0 Å². The second kappa shape index (κ2) is 6.54. The number of hydrogen-bond donors (Lipinski definition) is 0. The lowest BCUT2D eigenvalue weighted by Gasteiger charge is -2.20. The second-order valence-corrected chi connectivity index (χ2v) is 6.58. The fourth-order valence-electron chi connectivity index (χ4n) is 2.77. The third-order valence-electron chi connectivity index (χ3n) is 3.91. The predicted octanol–water partition coefficient (Wildman–Crippen LogP) is 4.11. The average molecular weight is 299 g/mol. The fraction of sp³-hybridized carbons (Fsp3) is 0.333. The molecule has 1 aliphatic rings. The van der Waals surface area contributed by atoms with Gasteiger partial charge >= 0.3 is 0 Å². The summed E-state index contributed by atoms with van der Waals surface area (Å²) >= 11 is 1.99. The third kappa shape index (κ3) is 3.42. The zero-order valence-corrected chi connectivity index (χ0v) is 13.5. The average Bonchev–Trinajstić information content (AvgIpc) is 2.71. The molecule has 0 N–H and O–H groups in total. The molecule has 2 aromatic rings. The number of fused-ring (bicyclic) bond motifs is 1. The van der Waals surface area contributed by atoms with E-state index in [0.717, 1.165) is 31.1 Å². The highest BCUT2D eigenvalue weighted by Gasteiger charge is 2.16. The quantitative estimate of drug-likeness (QED) is 0.846. The minimum Gasteiger partial charge on any atom is -0.497 e. The molecule has 1 aliphatic heterocycles. The summed E-state index contributed by atoms with van der Waals surface area (Å²) in [6.45, 7) is 5.38. The Morgan fingerprint density at radius 3 is 2.71 bits per heavy atom. The van der Waals surface area contributed by atoms with Crippen LogP contribution in [0.15, 0.2) is 47.4 Å². The van der Waals surface area contributed by atoms with Gasteiger partial charge in [-0.3, -0.25) is 4.90 Å². The zero-order valence-electron chi connectivity index (χ0n) is 12.6. The van der Waals surface area contributed by atoms with Crippen LogP contribution in [0.4, 0.5) is 0 Å². The van der Waals surface area contributed by atoms with Crippen molar-refractivity contribution in [1.29, 1.82) is 0 Å². The van der Waals surface area contributed by atoms with E-state index in [9.17, 15) is 0 Å². The first kappa shape index (κ1) is 14.5. The predicted molar refractivity (Wildman–Crippen MR) is 89.0 cm³/mol. The number of ether oxygens (including phenoxy) is 1.